The molecule has 35 heavy (non-hydrogen) atoms. The van der Waals surface area contributed by atoms with Crippen molar-refractivity contribution in [3.8, 4) is 17.2 Å². The highest BCUT2D eigenvalue weighted by molar-refractivity contribution is 6.11. The van der Waals surface area contributed by atoms with Crippen molar-refractivity contribution >= 4 is 22.8 Å². The van der Waals surface area contributed by atoms with E-state index in [4.69, 9.17) is 18.6 Å². The van der Waals surface area contributed by atoms with Gasteiger partial charge in [0.2, 0.25) is 0 Å². The minimum atomic E-state index is -1.66. The Kier molecular flexibility index (Phi) is 7.10. The molecular formula is C25H26O10. The van der Waals surface area contributed by atoms with Gasteiger partial charge >= 0.3 is 0 Å². The first-order valence-corrected chi connectivity index (χ1v) is 10.8. The van der Waals surface area contributed by atoms with Crippen molar-refractivity contribution in [2.45, 2.75) is 30.5 Å². The molecule has 1 aliphatic rings. The number of aliphatic hydroxyl groups is 4. The number of ether oxygens (including phenoxy) is 3. The van der Waals surface area contributed by atoms with E-state index in [1.807, 2.05) is 6.07 Å². The molecule has 5 atom stereocenters. The normalized spacial score (nSPS) is 24.7. The van der Waals surface area contributed by atoms with Gasteiger partial charge in [-0.2, -0.15) is 0 Å². The monoisotopic (exact) mass is 486 g/mol. The third-order valence-corrected chi connectivity index (χ3v) is 6.01. The Labute approximate surface area is 200 Å². The van der Waals surface area contributed by atoms with Crippen LogP contribution in [-0.2, 0) is 4.74 Å². The fraction of sp³-hybridized carbons (Fsp3) is 0.320. The van der Waals surface area contributed by atoms with E-state index in [9.17, 15) is 30.3 Å². The van der Waals surface area contributed by atoms with E-state index < -0.39 is 48.7 Å². The molecule has 186 valence electrons. The summed E-state index contributed by atoms with van der Waals surface area (Å²) in [5.41, 5.74) is 1.22. The van der Waals surface area contributed by atoms with Crippen molar-refractivity contribution in [2.75, 3.05) is 20.8 Å². The zero-order valence-electron chi connectivity index (χ0n) is 19.0. The van der Waals surface area contributed by atoms with Crippen molar-refractivity contribution in [3.63, 3.8) is 0 Å². The number of hydrogen-bond donors (Lipinski definition) is 5. The summed E-state index contributed by atoms with van der Waals surface area (Å²) < 4.78 is 21.7. The summed E-state index contributed by atoms with van der Waals surface area (Å²) in [5.74, 6) is -1.19. The number of fused-ring (bicyclic) bond motifs is 1. The number of rotatable bonds is 7. The highest BCUT2D eigenvalue weighted by Gasteiger charge is 2.46. The van der Waals surface area contributed by atoms with Crippen LogP contribution in [0.3, 0.4) is 0 Å². The van der Waals surface area contributed by atoms with Gasteiger partial charge in [0, 0.05) is 11.5 Å². The molecule has 1 aliphatic heterocycles. The van der Waals surface area contributed by atoms with Crippen LogP contribution < -0.4 is 9.47 Å². The molecule has 3 aromatic rings. The van der Waals surface area contributed by atoms with Gasteiger partial charge in [0.25, 0.3) is 0 Å². The van der Waals surface area contributed by atoms with Crippen molar-refractivity contribution in [1.82, 2.24) is 0 Å². The number of ketones is 1. The van der Waals surface area contributed by atoms with Gasteiger partial charge < -0.3 is 44.2 Å². The minimum absolute atomic E-state index is 0.00891. The van der Waals surface area contributed by atoms with E-state index in [1.165, 1.54) is 20.3 Å². The quantitative estimate of drug-likeness (QED) is 0.245. The number of allylic oxidation sites excluding steroid dienone is 1. The lowest BCUT2D eigenvalue weighted by molar-refractivity contribution is -0.232. The second-order valence-electron chi connectivity index (χ2n) is 8.08. The standard InChI is InChI=1S/C25H26O10/c1-32-17-10-15(28)19(14(27)5-3-12-4-6-16-13(9-12)7-8-34-16)24(33-2)20(17)25-23(31)22(30)21(29)18(11-26)35-25/h3-10,18,21-23,25-26,28-31H,11H2,1-2H3. The van der Waals surface area contributed by atoms with Crippen LogP contribution in [0, 0.1) is 0 Å². The molecule has 4 rings (SSSR count). The Morgan fingerprint density at radius 1 is 1.06 bits per heavy atom. The van der Waals surface area contributed by atoms with Crippen LogP contribution in [0.2, 0.25) is 0 Å². The lowest BCUT2D eigenvalue weighted by atomic mass is 9.88. The highest BCUT2D eigenvalue weighted by atomic mass is 16.5. The summed E-state index contributed by atoms with van der Waals surface area (Å²) in [6.07, 6.45) is -3.06. The van der Waals surface area contributed by atoms with E-state index in [0.29, 0.717) is 11.1 Å². The van der Waals surface area contributed by atoms with E-state index >= 15 is 0 Å². The summed E-state index contributed by atoms with van der Waals surface area (Å²) in [5, 5.41) is 52.1. The topological polar surface area (TPSA) is 159 Å². The average molecular weight is 486 g/mol. The molecule has 2 heterocycles. The van der Waals surface area contributed by atoms with Gasteiger partial charge in [-0.15, -0.1) is 0 Å². The van der Waals surface area contributed by atoms with Gasteiger partial charge in [-0.25, -0.2) is 0 Å². The van der Waals surface area contributed by atoms with E-state index in [1.54, 1.807) is 30.5 Å². The fourth-order valence-corrected chi connectivity index (χ4v) is 4.21. The van der Waals surface area contributed by atoms with Crippen LogP contribution in [0.1, 0.15) is 27.6 Å². The predicted molar refractivity (Wildman–Crippen MR) is 124 cm³/mol. The molecule has 5 N–H and O–H groups in total. The van der Waals surface area contributed by atoms with Crippen LogP contribution in [-0.4, -0.2) is 76.6 Å². The maximum Gasteiger partial charge on any atom is 0.193 e. The van der Waals surface area contributed by atoms with Gasteiger partial charge in [-0.05, 0) is 29.8 Å². The maximum absolute atomic E-state index is 13.2. The number of furan rings is 1. The number of hydrogen-bond acceptors (Lipinski definition) is 10. The van der Waals surface area contributed by atoms with Crippen LogP contribution in [0.25, 0.3) is 17.0 Å². The van der Waals surface area contributed by atoms with Gasteiger partial charge in [0.15, 0.2) is 5.78 Å². The summed E-state index contributed by atoms with van der Waals surface area (Å²) in [6.45, 7) is -0.639. The van der Waals surface area contributed by atoms with E-state index in [0.717, 1.165) is 11.5 Å². The molecule has 0 aliphatic carbocycles. The van der Waals surface area contributed by atoms with Crippen molar-refractivity contribution in [1.29, 1.82) is 0 Å². The number of methoxy groups -OCH3 is 2. The van der Waals surface area contributed by atoms with Crippen LogP contribution in [0.15, 0.2) is 47.1 Å². The number of carbonyl (C=O) groups is 1. The van der Waals surface area contributed by atoms with Gasteiger partial charge in [-0.1, -0.05) is 12.1 Å². The second kappa shape index (κ2) is 10.1. The van der Waals surface area contributed by atoms with Gasteiger partial charge in [0.05, 0.1) is 32.7 Å². The Balaban J connectivity index is 1.76. The predicted octanol–water partition coefficient (Wildman–Crippen LogP) is 1.57. The van der Waals surface area contributed by atoms with Crippen LogP contribution in [0.5, 0.6) is 17.2 Å². The molecule has 5 unspecified atom stereocenters. The number of aromatic hydroxyl groups is 1. The lowest BCUT2D eigenvalue weighted by Crippen LogP contribution is -2.55. The molecule has 10 nitrogen and oxygen atoms in total. The maximum atomic E-state index is 13.2. The molecule has 0 saturated carbocycles. The third-order valence-electron chi connectivity index (χ3n) is 6.01. The first-order valence-electron chi connectivity index (χ1n) is 10.8. The Morgan fingerprint density at radius 2 is 1.83 bits per heavy atom. The second-order valence-corrected chi connectivity index (χ2v) is 8.08. The van der Waals surface area contributed by atoms with Crippen LogP contribution in [0.4, 0.5) is 0 Å². The molecule has 0 radical (unpaired) electrons. The Morgan fingerprint density at radius 3 is 2.51 bits per heavy atom. The number of aliphatic hydroxyl groups excluding tert-OH is 4. The summed E-state index contributed by atoms with van der Waals surface area (Å²) >= 11 is 0. The van der Waals surface area contributed by atoms with Gasteiger partial charge in [-0.3, -0.25) is 4.79 Å². The van der Waals surface area contributed by atoms with E-state index in [2.05, 4.69) is 0 Å². The molecule has 10 heteroatoms. The number of phenolic OH excluding ortho intramolecular Hbond substituents is 1. The molecule has 1 saturated heterocycles. The molecule has 1 fully saturated rings. The zero-order chi connectivity index (χ0) is 25.3. The molecule has 0 amide bonds. The highest BCUT2D eigenvalue weighted by Crippen LogP contribution is 2.47. The largest absolute Gasteiger partial charge is 0.507 e. The third kappa shape index (κ3) is 4.49. The summed E-state index contributed by atoms with van der Waals surface area (Å²) in [6, 6.07) is 8.31. The number of phenols is 1. The number of benzene rings is 2. The van der Waals surface area contributed by atoms with Crippen molar-refractivity contribution in [2.24, 2.45) is 0 Å². The lowest BCUT2D eigenvalue weighted by Gasteiger charge is -2.41. The first kappa shape index (κ1) is 24.7. The van der Waals surface area contributed by atoms with Crippen LogP contribution >= 0.6 is 0 Å². The van der Waals surface area contributed by atoms with E-state index in [-0.39, 0.29) is 22.6 Å². The smallest absolute Gasteiger partial charge is 0.193 e. The first-order chi connectivity index (χ1) is 16.8. The molecule has 0 spiro atoms. The minimum Gasteiger partial charge on any atom is -0.507 e. The van der Waals surface area contributed by atoms with Gasteiger partial charge in [0.1, 0.15) is 58.9 Å². The summed E-state index contributed by atoms with van der Waals surface area (Å²) in [4.78, 5) is 13.2. The Bertz CT molecular complexity index is 1240. The van der Waals surface area contributed by atoms with Crippen molar-refractivity contribution < 1.29 is 49.0 Å². The summed E-state index contributed by atoms with van der Waals surface area (Å²) in [7, 11) is 2.56. The molecular weight excluding hydrogens is 460 g/mol. The Hall–Kier alpha value is -3.41. The average Bonchev–Trinajstić information content (AvgIpc) is 3.33. The number of carbonyl (C=O) groups excluding carboxylic acids is 1. The zero-order valence-corrected chi connectivity index (χ0v) is 19.0. The van der Waals surface area contributed by atoms with Crippen molar-refractivity contribution in [3.05, 3.63) is 59.4 Å². The SMILES string of the molecule is COc1cc(O)c(C(=O)C=Cc2ccc3occc3c2)c(OC)c1C1OC(CO)C(O)C(O)C1O. The molecule has 0 bridgehead atoms. The molecule has 1 aromatic heterocycles. The molecule has 2 aromatic carbocycles. The fourth-order valence-electron chi connectivity index (χ4n) is 4.21.